The highest BCUT2D eigenvalue weighted by Crippen LogP contribution is 1.99. The number of esters is 1. The molecular weight excluding hydrogens is 220 g/mol. The maximum atomic E-state index is 11.3. The highest BCUT2D eigenvalue weighted by atomic mass is 32.2. The van der Waals surface area contributed by atoms with E-state index in [1.807, 2.05) is 0 Å². The van der Waals surface area contributed by atoms with Crippen LogP contribution in [-0.4, -0.2) is 38.8 Å². The van der Waals surface area contributed by atoms with E-state index in [4.69, 9.17) is 0 Å². The van der Waals surface area contributed by atoms with E-state index < -0.39 is 21.6 Å². The Morgan fingerprint density at radius 1 is 1.20 bits per heavy atom. The van der Waals surface area contributed by atoms with Crippen LogP contribution >= 0.6 is 0 Å². The van der Waals surface area contributed by atoms with Gasteiger partial charge in [0.25, 0.3) is 0 Å². The van der Waals surface area contributed by atoms with Crippen molar-refractivity contribution in [3.05, 3.63) is 0 Å². The Hall–Kier alpha value is -0.910. The van der Waals surface area contributed by atoms with Crippen LogP contribution in [0.1, 0.15) is 26.2 Å². The summed E-state index contributed by atoms with van der Waals surface area (Å²) in [7, 11) is -2.27. The standard InChI is InChI=1S/C9H16O5S/c1-3-4-8(10)7-15(12,13)6-5-9(11)14-2/h3-7H2,1-2H3. The summed E-state index contributed by atoms with van der Waals surface area (Å²) in [6.45, 7) is 1.80. The van der Waals surface area contributed by atoms with E-state index in [9.17, 15) is 18.0 Å². The van der Waals surface area contributed by atoms with Crippen molar-refractivity contribution in [2.75, 3.05) is 18.6 Å². The molecule has 6 heteroatoms. The lowest BCUT2D eigenvalue weighted by atomic mass is 10.3. The minimum Gasteiger partial charge on any atom is -0.469 e. The van der Waals surface area contributed by atoms with Gasteiger partial charge in [0.15, 0.2) is 9.84 Å². The summed E-state index contributed by atoms with van der Waals surface area (Å²) in [5, 5.41) is 0. The summed E-state index contributed by atoms with van der Waals surface area (Å²) < 4.78 is 26.9. The number of rotatable bonds is 7. The summed E-state index contributed by atoms with van der Waals surface area (Å²) >= 11 is 0. The van der Waals surface area contributed by atoms with Gasteiger partial charge in [-0.25, -0.2) is 8.42 Å². The monoisotopic (exact) mass is 236 g/mol. The number of hydrogen-bond acceptors (Lipinski definition) is 5. The summed E-state index contributed by atoms with van der Waals surface area (Å²) in [5.74, 6) is -1.68. The number of sulfone groups is 1. The number of ketones is 1. The van der Waals surface area contributed by atoms with Gasteiger partial charge < -0.3 is 4.74 Å². The molecule has 0 aliphatic rings. The van der Waals surface area contributed by atoms with Crippen LogP contribution in [0.4, 0.5) is 0 Å². The van der Waals surface area contributed by atoms with E-state index in [2.05, 4.69) is 4.74 Å². The molecule has 0 rings (SSSR count). The van der Waals surface area contributed by atoms with Crippen LogP contribution in [0, 0.1) is 0 Å². The van der Waals surface area contributed by atoms with Gasteiger partial charge in [0.2, 0.25) is 0 Å². The molecule has 0 heterocycles. The van der Waals surface area contributed by atoms with Crippen molar-refractivity contribution in [2.45, 2.75) is 26.2 Å². The molecule has 0 bridgehead atoms. The summed E-state index contributed by atoms with van der Waals surface area (Å²) in [6.07, 6.45) is 0.695. The van der Waals surface area contributed by atoms with Crippen molar-refractivity contribution in [3.8, 4) is 0 Å². The summed E-state index contributed by atoms with van der Waals surface area (Å²) in [6, 6.07) is 0. The van der Waals surface area contributed by atoms with Crippen LogP contribution in [0.3, 0.4) is 0 Å². The molecule has 0 fully saturated rings. The van der Waals surface area contributed by atoms with Crippen LogP contribution in [0.15, 0.2) is 0 Å². The molecule has 15 heavy (non-hydrogen) atoms. The van der Waals surface area contributed by atoms with E-state index in [0.29, 0.717) is 6.42 Å². The molecule has 88 valence electrons. The van der Waals surface area contributed by atoms with Gasteiger partial charge in [-0.05, 0) is 6.42 Å². The minimum absolute atomic E-state index is 0.196. The largest absolute Gasteiger partial charge is 0.469 e. The zero-order chi connectivity index (χ0) is 11.9. The van der Waals surface area contributed by atoms with Crippen molar-refractivity contribution in [2.24, 2.45) is 0 Å². The van der Waals surface area contributed by atoms with E-state index >= 15 is 0 Å². The topological polar surface area (TPSA) is 77.5 Å². The Kier molecular flexibility index (Phi) is 6.15. The Morgan fingerprint density at radius 3 is 2.27 bits per heavy atom. The molecular formula is C9H16O5S. The predicted molar refractivity (Wildman–Crippen MR) is 55.2 cm³/mol. The highest BCUT2D eigenvalue weighted by Gasteiger charge is 2.17. The zero-order valence-corrected chi connectivity index (χ0v) is 9.80. The molecule has 0 spiro atoms. The highest BCUT2D eigenvalue weighted by molar-refractivity contribution is 7.92. The van der Waals surface area contributed by atoms with Gasteiger partial charge in [-0.1, -0.05) is 6.92 Å². The van der Waals surface area contributed by atoms with Gasteiger partial charge >= 0.3 is 5.97 Å². The van der Waals surface area contributed by atoms with Crippen LogP contribution in [-0.2, 0) is 24.2 Å². The van der Waals surface area contributed by atoms with Crippen molar-refractivity contribution in [1.29, 1.82) is 0 Å². The number of Topliss-reactive ketones (excluding diaryl/α,β-unsaturated/α-hetero) is 1. The smallest absolute Gasteiger partial charge is 0.306 e. The fourth-order valence-corrected chi connectivity index (χ4v) is 2.27. The summed E-state index contributed by atoms with van der Waals surface area (Å²) in [5.41, 5.74) is 0. The minimum atomic E-state index is -3.46. The number of ether oxygens (including phenoxy) is 1. The van der Waals surface area contributed by atoms with Gasteiger partial charge in [0.05, 0.1) is 19.3 Å². The second kappa shape index (κ2) is 6.55. The van der Waals surface area contributed by atoms with E-state index in [-0.39, 0.29) is 24.4 Å². The van der Waals surface area contributed by atoms with Gasteiger partial charge in [0.1, 0.15) is 11.5 Å². The normalized spacial score (nSPS) is 11.1. The van der Waals surface area contributed by atoms with Gasteiger partial charge in [-0.2, -0.15) is 0 Å². The number of methoxy groups -OCH3 is 1. The Morgan fingerprint density at radius 2 is 1.80 bits per heavy atom. The molecule has 0 aliphatic carbocycles. The molecule has 0 saturated heterocycles. The van der Waals surface area contributed by atoms with Crippen LogP contribution in [0.2, 0.25) is 0 Å². The number of carbonyl (C=O) groups excluding carboxylic acids is 2. The maximum absolute atomic E-state index is 11.3. The third-order valence-electron chi connectivity index (χ3n) is 1.75. The second-order valence-corrected chi connectivity index (χ2v) is 5.39. The first-order chi connectivity index (χ1) is 6.91. The fraction of sp³-hybridized carbons (Fsp3) is 0.778. The molecule has 0 aromatic heterocycles. The van der Waals surface area contributed by atoms with E-state index in [1.54, 1.807) is 6.92 Å². The summed E-state index contributed by atoms with van der Waals surface area (Å²) in [4.78, 5) is 21.8. The Bertz CT molecular complexity index is 317. The fourth-order valence-electron chi connectivity index (χ4n) is 1.01. The average Bonchev–Trinajstić information content (AvgIpc) is 2.13. The second-order valence-electron chi connectivity index (χ2n) is 3.21. The van der Waals surface area contributed by atoms with Crippen LogP contribution in [0.5, 0.6) is 0 Å². The van der Waals surface area contributed by atoms with Crippen LogP contribution in [0.25, 0.3) is 0 Å². The molecule has 0 amide bonds. The maximum Gasteiger partial charge on any atom is 0.306 e. The first kappa shape index (κ1) is 14.1. The molecule has 0 aromatic carbocycles. The first-order valence-corrected chi connectivity index (χ1v) is 6.52. The SMILES string of the molecule is CCCC(=O)CS(=O)(=O)CCC(=O)OC. The molecule has 0 N–H and O–H groups in total. The average molecular weight is 236 g/mol. The third kappa shape index (κ3) is 7.07. The first-order valence-electron chi connectivity index (χ1n) is 4.70. The molecule has 0 aliphatic heterocycles. The molecule has 0 unspecified atom stereocenters. The molecule has 0 saturated carbocycles. The van der Waals surface area contributed by atoms with Crippen molar-refractivity contribution < 1.29 is 22.7 Å². The quantitative estimate of drug-likeness (QED) is 0.595. The lowest BCUT2D eigenvalue weighted by Crippen LogP contribution is -2.20. The molecule has 0 radical (unpaired) electrons. The Labute approximate surface area is 89.7 Å². The molecule has 5 nitrogen and oxygen atoms in total. The molecule has 0 atom stereocenters. The van der Waals surface area contributed by atoms with Crippen molar-refractivity contribution in [3.63, 3.8) is 0 Å². The molecule has 0 aromatic rings. The Balaban J connectivity index is 4.08. The van der Waals surface area contributed by atoms with Crippen molar-refractivity contribution in [1.82, 2.24) is 0 Å². The third-order valence-corrected chi connectivity index (χ3v) is 3.34. The van der Waals surface area contributed by atoms with Gasteiger partial charge in [0, 0.05) is 6.42 Å². The van der Waals surface area contributed by atoms with E-state index in [1.165, 1.54) is 7.11 Å². The predicted octanol–water partition coefficient (Wildman–Crippen LogP) is 0.333. The lowest BCUT2D eigenvalue weighted by Gasteiger charge is -2.02. The van der Waals surface area contributed by atoms with Gasteiger partial charge in [-0.15, -0.1) is 0 Å². The van der Waals surface area contributed by atoms with Crippen molar-refractivity contribution >= 4 is 21.6 Å². The zero-order valence-electron chi connectivity index (χ0n) is 8.99. The number of hydrogen-bond donors (Lipinski definition) is 0. The lowest BCUT2D eigenvalue weighted by molar-refractivity contribution is -0.140. The number of carbonyl (C=O) groups is 2. The van der Waals surface area contributed by atoms with Crippen LogP contribution < -0.4 is 0 Å². The van der Waals surface area contributed by atoms with Gasteiger partial charge in [-0.3, -0.25) is 9.59 Å². The van der Waals surface area contributed by atoms with E-state index in [0.717, 1.165) is 0 Å².